The Kier molecular flexibility index (Phi) is 4.12. The summed E-state index contributed by atoms with van der Waals surface area (Å²) in [6.45, 7) is 6.72. The number of aryl methyl sites for hydroxylation is 2. The van der Waals surface area contributed by atoms with Crippen LogP contribution in [0.3, 0.4) is 0 Å². The van der Waals surface area contributed by atoms with Gasteiger partial charge in [0, 0.05) is 39.1 Å². The molecule has 128 valence electrons. The van der Waals surface area contributed by atoms with Gasteiger partial charge < -0.3 is 9.97 Å². The van der Waals surface area contributed by atoms with Crippen molar-refractivity contribution in [3.05, 3.63) is 71.0 Å². The average Bonchev–Trinajstić information content (AvgIpc) is 3.12. The molecule has 0 aliphatic rings. The standard InChI is InChI=1S/C23H26N2/c1-4-5-10-19(22-15(2)24-20-13-8-6-11-17(20)22)23-16(3)25-21-14-9-7-12-18(21)23/h6-9,11-14,19,24-25H,4-5,10H2,1-3H3. The Bertz CT molecular complexity index is 939. The van der Waals surface area contributed by atoms with Crippen LogP contribution in [0.2, 0.25) is 0 Å². The molecular weight excluding hydrogens is 304 g/mol. The summed E-state index contributed by atoms with van der Waals surface area (Å²) in [5.74, 6) is 0.423. The first kappa shape index (κ1) is 16.0. The SMILES string of the molecule is CCCCC(c1c(C)[nH]c2ccccc12)c1c(C)[nH]c2ccccc12. The van der Waals surface area contributed by atoms with Gasteiger partial charge in [0.1, 0.15) is 0 Å². The number of rotatable bonds is 5. The minimum absolute atomic E-state index is 0.423. The molecule has 0 aliphatic heterocycles. The third-order valence-corrected chi connectivity index (χ3v) is 5.43. The second-order valence-corrected chi connectivity index (χ2v) is 7.11. The van der Waals surface area contributed by atoms with Gasteiger partial charge >= 0.3 is 0 Å². The monoisotopic (exact) mass is 330 g/mol. The molecule has 2 nitrogen and oxygen atoms in total. The normalized spacial score (nSPS) is 11.8. The highest BCUT2D eigenvalue weighted by Crippen LogP contribution is 2.41. The first-order chi connectivity index (χ1) is 12.2. The highest BCUT2D eigenvalue weighted by molar-refractivity contribution is 5.89. The molecule has 0 aliphatic carbocycles. The van der Waals surface area contributed by atoms with E-state index in [1.54, 1.807) is 0 Å². The maximum atomic E-state index is 3.60. The zero-order chi connectivity index (χ0) is 17.4. The van der Waals surface area contributed by atoms with E-state index in [2.05, 4.69) is 79.3 Å². The van der Waals surface area contributed by atoms with Crippen molar-refractivity contribution in [1.29, 1.82) is 0 Å². The molecule has 0 radical (unpaired) electrons. The van der Waals surface area contributed by atoms with Gasteiger partial charge in [-0.3, -0.25) is 0 Å². The summed E-state index contributed by atoms with van der Waals surface area (Å²) in [7, 11) is 0. The quantitative estimate of drug-likeness (QED) is 0.414. The highest BCUT2D eigenvalue weighted by atomic mass is 14.7. The van der Waals surface area contributed by atoms with E-state index in [0.717, 1.165) is 0 Å². The fourth-order valence-electron chi connectivity index (χ4n) is 4.34. The van der Waals surface area contributed by atoms with Crippen molar-refractivity contribution in [3.8, 4) is 0 Å². The van der Waals surface area contributed by atoms with Gasteiger partial charge in [-0.2, -0.15) is 0 Å². The molecule has 0 saturated carbocycles. The van der Waals surface area contributed by atoms with Gasteiger partial charge in [0.15, 0.2) is 0 Å². The fraction of sp³-hybridized carbons (Fsp3) is 0.304. The molecule has 0 bridgehead atoms. The predicted molar refractivity (Wildman–Crippen MR) is 107 cm³/mol. The smallest absolute Gasteiger partial charge is 0.0459 e. The lowest BCUT2D eigenvalue weighted by atomic mass is 9.84. The van der Waals surface area contributed by atoms with Crippen LogP contribution < -0.4 is 0 Å². The molecule has 2 aromatic heterocycles. The Morgan fingerprint density at radius 1 is 0.760 bits per heavy atom. The lowest BCUT2D eigenvalue weighted by molar-refractivity contribution is 0.651. The van der Waals surface area contributed by atoms with Gasteiger partial charge in [-0.25, -0.2) is 0 Å². The van der Waals surface area contributed by atoms with E-state index in [9.17, 15) is 0 Å². The second-order valence-electron chi connectivity index (χ2n) is 7.11. The number of H-pyrrole nitrogens is 2. The van der Waals surface area contributed by atoms with E-state index < -0.39 is 0 Å². The van der Waals surface area contributed by atoms with Crippen LogP contribution in [0.4, 0.5) is 0 Å². The van der Waals surface area contributed by atoms with Gasteiger partial charge in [0.25, 0.3) is 0 Å². The zero-order valence-electron chi connectivity index (χ0n) is 15.3. The van der Waals surface area contributed by atoms with Crippen LogP contribution in [-0.2, 0) is 0 Å². The van der Waals surface area contributed by atoms with Crippen molar-refractivity contribution in [1.82, 2.24) is 9.97 Å². The third-order valence-electron chi connectivity index (χ3n) is 5.43. The van der Waals surface area contributed by atoms with E-state index in [4.69, 9.17) is 0 Å². The largest absolute Gasteiger partial charge is 0.358 e. The lowest BCUT2D eigenvalue weighted by Gasteiger charge is -2.19. The average molecular weight is 330 g/mol. The molecule has 0 atom stereocenters. The molecule has 25 heavy (non-hydrogen) atoms. The van der Waals surface area contributed by atoms with Crippen LogP contribution in [0, 0.1) is 13.8 Å². The Hall–Kier alpha value is -2.48. The number of unbranched alkanes of at least 4 members (excludes halogenated alkanes) is 1. The molecule has 0 saturated heterocycles. The Morgan fingerprint density at radius 3 is 1.72 bits per heavy atom. The highest BCUT2D eigenvalue weighted by Gasteiger charge is 2.24. The first-order valence-corrected chi connectivity index (χ1v) is 9.35. The molecule has 4 aromatic rings. The van der Waals surface area contributed by atoms with Crippen LogP contribution in [0.15, 0.2) is 48.5 Å². The van der Waals surface area contributed by atoms with Crippen LogP contribution in [0.25, 0.3) is 21.8 Å². The summed E-state index contributed by atoms with van der Waals surface area (Å²) in [6, 6.07) is 17.4. The number of hydrogen-bond acceptors (Lipinski definition) is 0. The molecule has 2 heteroatoms. The molecule has 0 spiro atoms. The molecule has 4 rings (SSSR count). The molecule has 0 unspecified atom stereocenters. The molecule has 0 amide bonds. The minimum atomic E-state index is 0.423. The van der Waals surface area contributed by atoms with Gasteiger partial charge in [0.05, 0.1) is 0 Å². The van der Waals surface area contributed by atoms with Crippen LogP contribution in [0.1, 0.15) is 54.6 Å². The van der Waals surface area contributed by atoms with Crippen molar-refractivity contribution in [2.45, 2.75) is 46.0 Å². The number of benzene rings is 2. The van der Waals surface area contributed by atoms with Gasteiger partial charge in [0.2, 0.25) is 0 Å². The van der Waals surface area contributed by atoms with E-state index in [0.29, 0.717) is 5.92 Å². The third kappa shape index (κ3) is 2.66. The topological polar surface area (TPSA) is 31.6 Å². The van der Waals surface area contributed by atoms with Crippen LogP contribution in [0.5, 0.6) is 0 Å². The number of nitrogens with one attached hydrogen (secondary N) is 2. The molecule has 2 N–H and O–H groups in total. The maximum absolute atomic E-state index is 3.60. The molecular formula is C23H26N2. The molecule has 0 fully saturated rings. The maximum Gasteiger partial charge on any atom is 0.0459 e. The second kappa shape index (κ2) is 6.44. The Balaban J connectivity index is 1.97. The number of hydrogen-bond donors (Lipinski definition) is 2. The van der Waals surface area contributed by atoms with Gasteiger partial charge in [-0.1, -0.05) is 56.2 Å². The van der Waals surface area contributed by atoms with Crippen molar-refractivity contribution in [2.75, 3.05) is 0 Å². The van der Waals surface area contributed by atoms with E-state index in [1.165, 1.54) is 63.6 Å². The Morgan fingerprint density at radius 2 is 1.24 bits per heavy atom. The summed E-state index contributed by atoms with van der Waals surface area (Å²) < 4.78 is 0. The summed E-state index contributed by atoms with van der Waals surface area (Å²) in [4.78, 5) is 7.21. The van der Waals surface area contributed by atoms with Crippen molar-refractivity contribution in [3.63, 3.8) is 0 Å². The zero-order valence-corrected chi connectivity index (χ0v) is 15.3. The van der Waals surface area contributed by atoms with Crippen molar-refractivity contribution in [2.24, 2.45) is 0 Å². The van der Waals surface area contributed by atoms with E-state index in [-0.39, 0.29) is 0 Å². The van der Waals surface area contributed by atoms with Crippen LogP contribution in [-0.4, -0.2) is 9.97 Å². The van der Waals surface area contributed by atoms with Crippen molar-refractivity contribution >= 4 is 21.8 Å². The molecule has 2 aromatic carbocycles. The summed E-state index contributed by atoms with van der Waals surface area (Å²) in [5.41, 5.74) is 8.02. The number of aromatic nitrogens is 2. The van der Waals surface area contributed by atoms with E-state index >= 15 is 0 Å². The first-order valence-electron chi connectivity index (χ1n) is 9.35. The summed E-state index contributed by atoms with van der Waals surface area (Å²) >= 11 is 0. The van der Waals surface area contributed by atoms with E-state index in [1.807, 2.05) is 0 Å². The predicted octanol–water partition coefficient (Wildman–Crippen LogP) is 6.59. The van der Waals surface area contributed by atoms with Crippen molar-refractivity contribution < 1.29 is 0 Å². The van der Waals surface area contributed by atoms with Crippen LogP contribution >= 0.6 is 0 Å². The fourth-order valence-corrected chi connectivity index (χ4v) is 4.34. The number of fused-ring (bicyclic) bond motifs is 2. The summed E-state index contributed by atoms with van der Waals surface area (Å²) in [6.07, 6.45) is 3.64. The van der Waals surface area contributed by atoms with Gasteiger partial charge in [-0.05, 0) is 43.5 Å². The Labute approximate surface area is 149 Å². The number of aromatic amines is 2. The minimum Gasteiger partial charge on any atom is -0.358 e. The summed E-state index contributed by atoms with van der Waals surface area (Å²) in [5, 5.41) is 2.73. The molecule has 2 heterocycles. The number of para-hydroxylation sites is 2. The van der Waals surface area contributed by atoms with Gasteiger partial charge in [-0.15, -0.1) is 0 Å². The lowest BCUT2D eigenvalue weighted by Crippen LogP contribution is -2.04.